The van der Waals surface area contributed by atoms with Crippen LogP contribution in [0.5, 0.6) is 11.5 Å². The van der Waals surface area contributed by atoms with E-state index < -0.39 is 10.0 Å². The number of sulfonamides is 1. The minimum atomic E-state index is -3.78. The third kappa shape index (κ3) is 5.70. The van der Waals surface area contributed by atoms with Crippen molar-refractivity contribution in [1.82, 2.24) is 4.31 Å². The Bertz CT molecular complexity index is 1130. The Morgan fingerprint density at radius 1 is 0.824 bits per heavy atom. The lowest BCUT2D eigenvalue weighted by molar-refractivity contribution is 0.122. The van der Waals surface area contributed by atoms with Gasteiger partial charge in [-0.15, -0.1) is 0 Å². The van der Waals surface area contributed by atoms with Crippen LogP contribution >= 0.6 is 0 Å². The highest BCUT2D eigenvalue weighted by Crippen LogP contribution is 2.26. The summed E-state index contributed by atoms with van der Waals surface area (Å²) in [7, 11) is -0.561. The second-order valence-corrected chi connectivity index (χ2v) is 10.0. The maximum Gasteiger partial charge on any atom is 0.243 e. The van der Waals surface area contributed by atoms with Gasteiger partial charge >= 0.3 is 0 Å². The highest BCUT2D eigenvalue weighted by Gasteiger charge is 2.26. The molecular weight excluding hydrogens is 452 g/mol. The van der Waals surface area contributed by atoms with Crippen molar-refractivity contribution in [1.29, 1.82) is 0 Å². The summed E-state index contributed by atoms with van der Waals surface area (Å²) >= 11 is 0. The lowest BCUT2D eigenvalue weighted by Gasteiger charge is -2.29. The maximum absolute atomic E-state index is 13.9. The summed E-state index contributed by atoms with van der Waals surface area (Å²) in [5, 5.41) is 0. The molecule has 1 aliphatic rings. The molecule has 1 saturated heterocycles. The number of benzene rings is 3. The number of hydrogen-bond acceptors (Lipinski definition) is 6. The van der Waals surface area contributed by atoms with Crippen molar-refractivity contribution >= 4 is 15.7 Å². The smallest absolute Gasteiger partial charge is 0.243 e. The van der Waals surface area contributed by atoms with Crippen LogP contribution in [0.4, 0.5) is 5.69 Å². The first-order chi connectivity index (χ1) is 16.5. The van der Waals surface area contributed by atoms with Crippen LogP contribution in [-0.4, -0.2) is 53.2 Å². The van der Waals surface area contributed by atoms with Gasteiger partial charge in [0.2, 0.25) is 10.0 Å². The van der Waals surface area contributed by atoms with E-state index in [1.807, 2.05) is 54.6 Å². The predicted octanol–water partition coefficient (Wildman–Crippen LogP) is 3.93. The van der Waals surface area contributed by atoms with Gasteiger partial charge in [0.15, 0.2) is 0 Å². The lowest BCUT2D eigenvalue weighted by atomic mass is 10.2. The van der Waals surface area contributed by atoms with Crippen molar-refractivity contribution in [3.63, 3.8) is 0 Å². The van der Waals surface area contributed by atoms with Crippen LogP contribution in [0.15, 0.2) is 77.7 Å². The molecule has 3 aromatic rings. The molecule has 1 fully saturated rings. The SMILES string of the molecule is COc1ccc(CN(Cc2ccc(OC)cc2)S(=O)(=O)c2cccc(N3CCOCC3)c2)cc1. The Hall–Kier alpha value is -3.07. The molecule has 0 unspecified atom stereocenters. The molecule has 7 nitrogen and oxygen atoms in total. The fourth-order valence-corrected chi connectivity index (χ4v) is 5.36. The number of hydrogen-bond donors (Lipinski definition) is 0. The molecule has 0 N–H and O–H groups in total. The van der Waals surface area contributed by atoms with Gasteiger partial charge in [0.25, 0.3) is 0 Å². The van der Waals surface area contributed by atoms with Gasteiger partial charge in [-0.1, -0.05) is 30.3 Å². The Kier molecular flexibility index (Phi) is 7.72. The zero-order valence-electron chi connectivity index (χ0n) is 19.5. The molecule has 8 heteroatoms. The molecule has 0 amide bonds. The zero-order chi connectivity index (χ0) is 24.0. The van der Waals surface area contributed by atoms with Gasteiger partial charge < -0.3 is 19.1 Å². The van der Waals surface area contributed by atoms with Crippen LogP contribution in [0.1, 0.15) is 11.1 Å². The molecule has 1 aliphatic heterocycles. The first kappa shape index (κ1) is 24.1. The van der Waals surface area contributed by atoms with Crippen LogP contribution in [0.2, 0.25) is 0 Å². The number of anilines is 1. The van der Waals surface area contributed by atoms with E-state index in [0.717, 1.165) is 41.4 Å². The van der Waals surface area contributed by atoms with Gasteiger partial charge in [-0.3, -0.25) is 0 Å². The van der Waals surface area contributed by atoms with Gasteiger partial charge in [-0.05, 0) is 53.6 Å². The largest absolute Gasteiger partial charge is 0.497 e. The van der Waals surface area contributed by atoms with Gasteiger partial charge in [-0.25, -0.2) is 8.42 Å². The maximum atomic E-state index is 13.9. The first-order valence-electron chi connectivity index (χ1n) is 11.2. The average Bonchev–Trinajstić information content (AvgIpc) is 2.89. The Morgan fingerprint density at radius 3 is 1.85 bits per heavy atom. The van der Waals surface area contributed by atoms with E-state index in [0.29, 0.717) is 13.2 Å². The molecule has 0 spiro atoms. The van der Waals surface area contributed by atoms with Gasteiger partial charge in [0.1, 0.15) is 11.5 Å². The molecule has 0 atom stereocenters. The molecule has 0 bridgehead atoms. The van der Waals surface area contributed by atoms with E-state index >= 15 is 0 Å². The number of rotatable bonds is 9. The van der Waals surface area contributed by atoms with E-state index in [9.17, 15) is 8.42 Å². The molecule has 180 valence electrons. The van der Waals surface area contributed by atoms with Gasteiger partial charge in [0.05, 0.1) is 32.3 Å². The Morgan fingerprint density at radius 2 is 1.35 bits per heavy atom. The van der Waals surface area contributed by atoms with Crippen molar-refractivity contribution in [2.75, 3.05) is 45.4 Å². The van der Waals surface area contributed by atoms with Gasteiger partial charge in [-0.2, -0.15) is 4.31 Å². The fraction of sp³-hybridized carbons (Fsp3) is 0.308. The van der Waals surface area contributed by atoms with Gasteiger partial charge in [0, 0.05) is 31.9 Å². The Labute approximate surface area is 201 Å². The molecular formula is C26H30N2O5S. The van der Waals surface area contributed by atoms with E-state index in [4.69, 9.17) is 14.2 Å². The van der Waals surface area contributed by atoms with E-state index in [-0.39, 0.29) is 18.0 Å². The molecule has 34 heavy (non-hydrogen) atoms. The molecule has 0 aromatic heterocycles. The highest BCUT2D eigenvalue weighted by molar-refractivity contribution is 7.89. The number of nitrogens with zero attached hydrogens (tertiary/aromatic N) is 2. The standard InChI is InChI=1S/C26H30N2O5S/c1-31-24-10-6-21(7-11-24)19-28(20-22-8-12-25(32-2)13-9-22)34(29,30)26-5-3-4-23(18-26)27-14-16-33-17-15-27/h3-13,18H,14-17,19-20H2,1-2H3. The van der Waals surface area contributed by atoms with Crippen molar-refractivity contribution in [3.8, 4) is 11.5 Å². The minimum absolute atomic E-state index is 0.236. The second-order valence-electron chi connectivity index (χ2n) is 8.07. The summed E-state index contributed by atoms with van der Waals surface area (Å²) in [6.45, 7) is 3.23. The molecule has 0 saturated carbocycles. The van der Waals surface area contributed by atoms with Crippen molar-refractivity contribution in [2.24, 2.45) is 0 Å². The summed E-state index contributed by atoms with van der Waals surface area (Å²) in [5.41, 5.74) is 2.64. The number of morpholine rings is 1. The normalized spacial score (nSPS) is 14.3. The monoisotopic (exact) mass is 482 g/mol. The summed E-state index contributed by atoms with van der Waals surface area (Å²) in [4.78, 5) is 2.43. The first-order valence-corrected chi connectivity index (χ1v) is 12.6. The van der Waals surface area contributed by atoms with Crippen molar-refractivity contribution in [2.45, 2.75) is 18.0 Å². The fourth-order valence-electron chi connectivity index (χ4n) is 3.91. The molecule has 4 rings (SSSR count). The summed E-state index contributed by atoms with van der Waals surface area (Å²) in [6, 6.07) is 22.1. The Balaban J connectivity index is 1.65. The highest BCUT2D eigenvalue weighted by atomic mass is 32.2. The molecule has 0 aliphatic carbocycles. The number of methoxy groups -OCH3 is 2. The number of ether oxygens (including phenoxy) is 3. The van der Waals surface area contributed by atoms with Crippen LogP contribution in [0.3, 0.4) is 0 Å². The quantitative estimate of drug-likeness (QED) is 0.460. The third-order valence-electron chi connectivity index (χ3n) is 5.87. The van der Waals surface area contributed by atoms with Crippen LogP contribution in [0.25, 0.3) is 0 Å². The lowest BCUT2D eigenvalue weighted by Crippen LogP contribution is -2.36. The molecule has 1 heterocycles. The minimum Gasteiger partial charge on any atom is -0.497 e. The van der Waals surface area contributed by atoms with Crippen LogP contribution in [-0.2, 0) is 27.8 Å². The second kappa shape index (κ2) is 10.9. The summed E-state index contributed by atoms with van der Waals surface area (Å²) < 4.78 is 45.1. The van der Waals surface area contributed by atoms with E-state index in [1.165, 1.54) is 4.31 Å². The van der Waals surface area contributed by atoms with Crippen LogP contribution in [0, 0.1) is 0 Å². The zero-order valence-corrected chi connectivity index (χ0v) is 20.3. The van der Waals surface area contributed by atoms with Crippen molar-refractivity contribution in [3.05, 3.63) is 83.9 Å². The van der Waals surface area contributed by atoms with E-state index in [2.05, 4.69) is 4.90 Å². The average molecular weight is 483 g/mol. The van der Waals surface area contributed by atoms with Crippen LogP contribution < -0.4 is 14.4 Å². The summed E-state index contributed by atoms with van der Waals surface area (Å²) in [5.74, 6) is 1.46. The molecule has 0 radical (unpaired) electrons. The topological polar surface area (TPSA) is 68.3 Å². The molecule has 3 aromatic carbocycles. The summed E-state index contributed by atoms with van der Waals surface area (Å²) in [6.07, 6.45) is 0. The van der Waals surface area contributed by atoms with Crippen molar-refractivity contribution < 1.29 is 22.6 Å². The third-order valence-corrected chi connectivity index (χ3v) is 7.66. The predicted molar refractivity (Wildman–Crippen MR) is 132 cm³/mol. The van der Waals surface area contributed by atoms with E-state index in [1.54, 1.807) is 32.4 Å².